The van der Waals surface area contributed by atoms with Crippen molar-refractivity contribution >= 4 is 5.96 Å². The topological polar surface area (TPSA) is 64.1 Å². The van der Waals surface area contributed by atoms with E-state index in [1.165, 1.54) is 6.07 Å². The van der Waals surface area contributed by atoms with E-state index in [4.69, 9.17) is 14.2 Å². The van der Waals surface area contributed by atoms with Gasteiger partial charge < -0.3 is 24.8 Å². The van der Waals surface area contributed by atoms with Crippen LogP contribution in [0.2, 0.25) is 0 Å². The van der Waals surface area contributed by atoms with Crippen molar-refractivity contribution in [3.05, 3.63) is 53.1 Å². The van der Waals surface area contributed by atoms with Gasteiger partial charge in [-0.2, -0.15) is 0 Å². The van der Waals surface area contributed by atoms with Crippen LogP contribution in [0.5, 0.6) is 17.2 Å². The first-order chi connectivity index (χ1) is 13.5. The van der Waals surface area contributed by atoms with Gasteiger partial charge in [0.25, 0.3) is 0 Å². The van der Waals surface area contributed by atoms with Gasteiger partial charge in [-0.05, 0) is 47.9 Å². The molecule has 0 heterocycles. The second-order valence-electron chi connectivity index (χ2n) is 5.87. The van der Waals surface area contributed by atoms with E-state index in [-0.39, 0.29) is 0 Å². The molecule has 2 aromatic carbocycles. The largest absolute Gasteiger partial charge is 0.493 e. The highest BCUT2D eigenvalue weighted by Crippen LogP contribution is 2.38. The molecule has 0 bridgehead atoms. The molecule has 0 spiro atoms. The molecular weight excluding hydrogens is 368 g/mol. The third-order valence-electron chi connectivity index (χ3n) is 4.10. The number of hydrogen-bond donors (Lipinski definition) is 2. The molecule has 152 valence electrons. The van der Waals surface area contributed by atoms with Gasteiger partial charge >= 0.3 is 0 Å². The Labute approximate surface area is 163 Å². The SMILES string of the molecule is CN=C(NCCc1cc(F)ccc1F)NCc1cc(OC)c(OC)c(OC)c1. The van der Waals surface area contributed by atoms with Gasteiger partial charge in [-0.25, -0.2) is 8.78 Å². The lowest BCUT2D eigenvalue weighted by Crippen LogP contribution is -2.37. The first kappa shape index (κ1) is 21.3. The number of rotatable bonds is 8. The number of methoxy groups -OCH3 is 3. The highest BCUT2D eigenvalue weighted by atomic mass is 19.1. The molecule has 2 aromatic rings. The maximum absolute atomic E-state index is 13.7. The molecule has 0 saturated heterocycles. The van der Waals surface area contributed by atoms with Crippen molar-refractivity contribution in [1.82, 2.24) is 10.6 Å². The van der Waals surface area contributed by atoms with Gasteiger partial charge in [-0.1, -0.05) is 0 Å². The Morgan fingerprint density at radius 2 is 1.64 bits per heavy atom. The van der Waals surface area contributed by atoms with Crippen molar-refractivity contribution in [1.29, 1.82) is 0 Å². The summed E-state index contributed by atoms with van der Waals surface area (Å²) in [6, 6.07) is 7.10. The van der Waals surface area contributed by atoms with Gasteiger partial charge in [0.15, 0.2) is 17.5 Å². The van der Waals surface area contributed by atoms with Crippen LogP contribution in [0.3, 0.4) is 0 Å². The number of halogens is 2. The van der Waals surface area contributed by atoms with Crippen LogP contribution in [-0.2, 0) is 13.0 Å². The van der Waals surface area contributed by atoms with Crippen LogP contribution in [0.15, 0.2) is 35.3 Å². The summed E-state index contributed by atoms with van der Waals surface area (Å²) in [7, 11) is 6.29. The highest BCUT2D eigenvalue weighted by Gasteiger charge is 2.13. The monoisotopic (exact) mass is 393 g/mol. The summed E-state index contributed by atoms with van der Waals surface area (Å²) in [5.74, 6) is 1.29. The molecule has 0 saturated carbocycles. The average Bonchev–Trinajstić information content (AvgIpc) is 2.71. The van der Waals surface area contributed by atoms with Crippen molar-refractivity contribution < 1.29 is 23.0 Å². The number of benzene rings is 2. The van der Waals surface area contributed by atoms with Crippen LogP contribution in [0.1, 0.15) is 11.1 Å². The smallest absolute Gasteiger partial charge is 0.203 e. The minimum Gasteiger partial charge on any atom is -0.493 e. The Hall–Kier alpha value is -3.03. The van der Waals surface area contributed by atoms with Crippen LogP contribution in [0.25, 0.3) is 0 Å². The first-order valence-corrected chi connectivity index (χ1v) is 8.69. The number of hydrogen-bond acceptors (Lipinski definition) is 4. The lowest BCUT2D eigenvalue weighted by molar-refractivity contribution is 0.323. The lowest BCUT2D eigenvalue weighted by atomic mass is 10.1. The van der Waals surface area contributed by atoms with Crippen molar-refractivity contribution in [3.8, 4) is 17.2 Å². The van der Waals surface area contributed by atoms with Crippen LogP contribution < -0.4 is 24.8 Å². The lowest BCUT2D eigenvalue weighted by Gasteiger charge is -2.16. The fourth-order valence-electron chi connectivity index (χ4n) is 2.69. The molecule has 0 aliphatic rings. The summed E-state index contributed by atoms with van der Waals surface area (Å²) in [6.45, 7) is 0.847. The fourth-order valence-corrected chi connectivity index (χ4v) is 2.69. The van der Waals surface area contributed by atoms with Gasteiger partial charge in [-0.15, -0.1) is 0 Å². The van der Waals surface area contributed by atoms with Crippen LogP contribution in [0, 0.1) is 11.6 Å². The van der Waals surface area contributed by atoms with Crippen molar-refractivity contribution in [2.75, 3.05) is 34.9 Å². The molecule has 8 heteroatoms. The Balaban J connectivity index is 1.96. The molecule has 0 atom stereocenters. The summed E-state index contributed by atoms with van der Waals surface area (Å²) in [5, 5.41) is 6.23. The Morgan fingerprint density at radius 3 is 2.21 bits per heavy atom. The molecule has 0 aliphatic carbocycles. The number of guanidine groups is 1. The summed E-state index contributed by atoms with van der Waals surface area (Å²) in [5.41, 5.74) is 1.21. The quantitative estimate of drug-likeness (QED) is 0.533. The Bertz CT molecular complexity index is 803. The van der Waals surface area contributed by atoms with Gasteiger partial charge in [0, 0.05) is 20.1 Å². The zero-order chi connectivity index (χ0) is 20.5. The van der Waals surface area contributed by atoms with Crippen molar-refractivity contribution in [2.45, 2.75) is 13.0 Å². The van der Waals surface area contributed by atoms with Crippen LogP contribution >= 0.6 is 0 Å². The molecular formula is C20H25F2N3O3. The van der Waals surface area contributed by atoms with Crippen LogP contribution in [-0.4, -0.2) is 40.9 Å². The van der Waals surface area contributed by atoms with E-state index in [9.17, 15) is 8.78 Å². The van der Waals surface area contributed by atoms with Gasteiger partial charge in [0.05, 0.1) is 21.3 Å². The Morgan fingerprint density at radius 1 is 0.964 bits per heavy atom. The molecule has 0 radical (unpaired) electrons. The summed E-state index contributed by atoms with van der Waals surface area (Å²) in [4.78, 5) is 4.13. The number of ether oxygens (including phenoxy) is 3. The second-order valence-corrected chi connectivity index (χ2v) is 5.87. The molecule has 2 rings (SSSR count). The predicted octanol–water partition coefficient (Wildman–Crippen LogP) is 2.90. The third-order valence-corrected chi connectivity index (χ3v) is 4.10. The summed E-state index contributed by atoms with van der Waals surface area (Å²) in [6.07, 6.45) is 0.328. The molecule has 0 aromatic heterocycles. The molecule has 2 N–H and O–H groups in total. The minimum atomic E-state index is -0.457. The normalized spacial score (nSPS) is 11.1. The average molecular weight is 393 g/mol. The fraction of sp³-hybridized carbons (Fsp3) is 0.350. The molecule has 0 amide bonds. The highest BCUT2D eigenvalue weighted by molar-refractivity contribution is 5.79. The number of nitrogens with one attached hydrogen (secondary N) is 2. The van der Waals surface area contributed by atoms with Gasteiger partial charge in [0.1, 0.15) is 11.6 Å². The minimum absolute atomic E-state index is 0.313. The molecule has 6 nitrogen and oxygen atoms in total. The van der Waals surface area contributed by atoms with E-state index in [0.717, 1.165) is 17.7 Å². The first-order valence-electron chi connectivity index (χ1n) is 8.69. The number of aliphatic imine (C=N–C) groups is 1. The molecule has 0 aliphatic heterocycles. The summed E-state index contributed by atoms with van der Waals surface area (Å²) < 4.78 is 42.9. The van der Waals surface area contributed by atoms with E-state index in [1.54, 1.807) is 28.4 Å². The second kappa shape index (κ2) is 10.3. The third kappa shape index (κ3) is 5.48. The van der Waals surface area contributed by atoms with Gasteiger partial charge in [0.2, 0.25) is 5.75 Å². The maximum Gasteiger partial charge on any atom is 0.203 e. The van der Waals surface area contributed by atoms with Crippen molar-refractivity contribution in [3.63, 3.8) is 0 Å². The van der Waals surface area contributed by atoms with E-state index in [1.807, 2.05) is 12.1 Å². The zero-order valence-electron chi connectivity index (χ0n) is 16.4. The molecule has 28 heavy (non-hydrogen) atoms. The Kier molecular flexibility index (Phi) is 7.86. The molecule has 0 fully saturated rings. The van der Waals surface area contributed by atoms with Crippen molar-refractivity contribution in [2.24, 2.45) is 4.99 Å². The van der Waals surface area contributed by atoms with E-state index < -0.39 is 11.6 Å². The number of nitrogens with zero attached hydrogens (tertiary/aromatic N) is 1. The van der Waals surface area contributed by atoms with E-state index in [2.05, 4.69) is 15.6 Å². The van der Waals surface area contributed by atoms with E-state index in [0.29, 0.717) is 48.3 Å². The zero-order valence-corrected chi connectivity index (χ0v) is 16.4. The van der Waals surface area contributed by atoms with Crippen LogP contribution in [0.4, 0.5) is 8.78 Å². The molecule has 0 unspecified atom stereocenters. The van der Waals surface area contributed by atoms with E-state index >= 15 is 0 Å². The standard InChI is InChI=1S/C20H25F2N3O3/c1-23-20(24-8-7-14-11-15(21)5-6-16(14)22)25-12-13-9-17(26-2)19(28-4)18(10-13)27-3/h5-6,9-11H,7-8,12H2,1-4H3,(H2,23,24,25). The maximum atomic E-state index is 13.7. The predicted molar refractivity (Wildman–Crippen MR) is 104 cm³/mol. The van der Waals surface area contributed by atoms with Gasteiger partial charge in [-0.3, -0.25) is 4.99 Å². The summed E-state index contributed by atoms with van der Waals surface area (Å²) >= 11 is 0.